The van der Waals surface area contributed by atoms with Gasteiger partial charge in [-0.1, -0.05) is 23.2 Å². The maximum Gasteiger partial charge on any atom is 0.168 e. The van der Waals surface area contributed by atoms with Crippen molar-refractivity contribution in [3.8, 4) is 0 Å². The molecule has 1 nitrogen and oxygen atoms in total. The molecule has 0 saturated carbocycles. The summed E-state index contributed by atoms with van der Waals surface area (Å²) < 4.78 is 0.999. The van der Waals surface area contributed by atoms with Gasteiger partial charge in [0.2, 0.25) is 0 Å². The van der Waals surface area contributed by atoms with Crippen molar-refractivity contribution in [2.75, 3.05) is 0 Å². The Morgan fingerprint density at radius 3 is 2.59 bits per heavy atom. The van der Waals surface area contributed by atoms with E-state index in [9.17, 15) is 4.79 Å². The lowest BCUT2D eigenvalue weighted by Crippen LogP contribution is -2.01. The van der Waals surface area contributed by atoms with Crippen molar-refractivity contribution in [1.82, 2.24) is 0 Å². The Kier molecular flexibility index (Phi) is 4.26. The molecule has 88 valence electrons. The van der Waals surface area contributed by atoms with Crippen LogP contribution in [0.4, 0.5) is 0 Å². The number of rotatable bonds is 3. The number of halogens is 3. The third-order valence-corrected chi connectivity index (χ3v) is 4.63. The molecule has 2 aromatic rings. The van der Waals surface area contributed by atoms with Gasteiger partial charge in [0.05, 0.1) is 10.0 Å². The maximum atomic E-state index is 12.0. The molecule has 0 bridgehead atoms. The Labute approximate surface area is 121 Å². The Bertz CT molecular complexity index is 565. The van der Waals surface area contributed by atoms with Crippen LogP contribution in [0.5, 0.6) is 0 Å². The number of carbonyl (C=O) groups excluding carboxylic acids is 1. The second kappa shape index (κ2) is 5.53. The highest BCUT2D eigenvalue weighted by molar-refractivity contribution is 9.10. The van der Waals surface area contributed by atoms with Crippen molar-refractivity contribution >= 4 is 56.3 Å². The van der Waals surface area contributed by atoms with E-state index in [1.165, 1.54) is 0 Å². The zero-order valence-corrected chi connectivity index (χ0v) is 12.5. The number of hydrogen-bond acceptors (Lipinski definition) is 2. The lowest BCUT2D eigenvalue weighted by molar-refractivity contribution is 0.0994. The van der Waals surface area contributed by atoms with Crippen molar-refractivity contribution in [1.29, 1.82) is 0 Å². The largest absolute Gasteiger partial charge is 0.294 e. The average Bonchev–Trinajstić information content (AvgIpc) is 2.68. The van der Waals surface area contributed by atoms with Gasteiger partial charge in [-0.25, -0.2) is 0 Å². The van der Waals surface area contributed by atoms with Crippen molar-refractivity contribution in [3.05, 3.63) is 54.6 Å². The summed E-state index contributed by atoms with van der Waals surface area (Å²) >= 11 is 16.6. The van der Waals surface area contributed by atoms with E-state index in [-0.39, 0.29) is 5.78 Å². The van der Waals surface area contributed by atoms with Gasteiger partial charge in [0.15, 0.2) is 5.78 Å². The fraction of sp³-hybridized carbons (Fsp3) is 0.0833. The smallest absolute Gasteiger partial charge is 0.168 e. The molecule has 5 heteroatoms. The Balaban J connectivity index is 2.17. The number of Topliss-reactive ketones (excluding diaryl/α,β-unsaturated/α-hetero) is 1. The fourth-order valence-corrected chi connectivity index (χ4v) is 3.12. The molecule has 0 radical (unpaired) electrons. The van der Waals surface area contributed by atoms with Gasteiger partial charge in [-0.2, -0.15) is 0 Å². The summed E-state index contributed by atoms with van der Waals surface area (Å²) in [6.45, 7) is 0. The highest BCUT2D eigenvalue weighted by Gasteiger charge is 2.10. The van der Waals surface area contributed by atoms with Crippen LogP contribution < -0.4 is 0 Å². The van der Waals surface area contributed by atoms with E-state index in [1.807, 2.05) is 11.4 Å². The second-order valence-electron chi connectivity index (χ2n) is 3.46. The molecule has 0 amide bonds. The topological polar surface area (TPSA) is 17.1 Å². The molecule has 0 unspecified atom stereocenters. The molecule has 0 aliphatic carbocycles. The number of benzene rings is 1. The van der Waals surface area contributed by atoms with E-state index in [0.29, 0.717) is 22.0 Å². The number of thiophene rings is 1. The summed E-state index contributed by atoms with van der Waals surface area (Å²) in [5, 5.41) is 2.82. The third kappa shape index (κ3) is 3.32. The summed E-state index contributed by atoms with van der Waals surface area (Å²) in [6.07, 6.45) is 0.383. The standard InChI is InChI=1S/C12H7BrCl2OS/c13-8-4-9(17-6-8)5-12(16)7-1-2-10(14)11(15)3-7/h1-4,6H,5H2. The molecule has 0 saturated heterocycles. The van der Waals surface area contributed by atoms with Gasteiger partial charge in [0.1, 0.15) is 0 Å². The Hall–Kier alpha value is -0.350. The van der Waals surface area contributed by atoms with Crippen LogP contribution in [0.25, 0.3) is 0 Å². The molecule has 1 aromatic heterocycles. The molecule has 1 aromatic carbocycles. The fourth-order valence-electron chi connectivity index (χ4n) is 1.38. The molecule has 0 N–H and O–H groups in total. The zero-order chi connectivity index (χ0) is 12.4. The van der Waals surface area contributed by atoms with Crippen molar-refractivity contribution in [2.24, 2.45) is 0 Å². The van der Waals surface area contributed by atoms with Crippen LogP contribution in [0.3, 0.4) is 0 Å². The minimum Gasteiger partial charge on any atom is -0.294 e. The second-order valence-corrected chi connectivity index (χ2v) is 6.19. The predicted octanol–water partition coefficient (Wildman–Crippen LogP) is 5.24. The van der Waals surface area contributed by atoms with Gasteiger partial charge in [-0.15, -0.1) is 11.3 Å². The highest BCUT2D eigenvalue weighted by Crippen LogP contribution is 2.25. The van der Waals surface area contributed by atoms with Crippen LogP contribution in [0.2, 0.25) is 10.0 Å². The van der Waals surface area contributed by atoms with Crippen LogP contribution in [0, 0.1) is 0 Å². The minimum absolute atomic E-state index is 0.0397. The monoisotopic (exact) mass is 348 g/mol. The molecule has 2 rings (SSSR count). The Morgan fingerprint density at radius 2 is 2.00 bits per heavy atom. The van der Waals surface area contributed by atoms with E-state index in [2.05, 4.69) is 15.9 Å². The van der Waals surface area contributed by atoms with E-state index >= 15 is 0 Å². The summed E-state index contributed by atoms with van der Waals surface area (Å²) in [5.74, 6) is 0.0397. The average molecular weight is 350 g/mol. The van der Waals surface area contributed by atoms with Gasteiger partial charge >= 0.3 is 0 Å². The van der Waals surface area contributed by atoms with Gasteiger partial charge in [-0.05, 0) is 40.2 Å². The number of carbonyl (C=O) groups is 1. The van der Waals surface area contributed by atoms with E-state index in [0.717, 1.165) is 9.35 Å². The maximum absolute atomic E-state index is 12.0. The summed E-state index contributed by atoms with van der Waals surface area (Å²) in [7, 11) is 0. The molecule has 0 spiro atoms. The van der Waals surface area contributed by atoms with E-state index in [1.54, 1.807) is 29.5 Å². The quantitative estimate of drug-likeness (QED) is 0.692. The predicted molar refractivity (Wildman–Crippen MR) is 76.5 cm³/mol. The first-order chi connectivity index (χ1) is 8.06. The summed E-state index contributed by atoms with van der Waals surface area (Å²) in [5.41, 5.74) is 0.587. The molecular formula is C12H7BrCl2OS. The number of hydrogen-bond donors (Lipinski definition) is 0. The first-order valence-electron chi connectivity index (χ1n) is 4.77. The molecule has 0 atom stereocenters. The summed E-state index contributed by atoms with van der Waals surface area (Å²) in [4.78, 5) is 13.0. The SMILES string of the molecule is O=C(Cc1cc(Br)cs1)c1ccc(Cl)c(Cl)c1. The zero-order valence-electron chi connectivity index (χ0n) is 8.54. The van der Waals surface area contributed by atoms with Crippen LogP contribution >= 0.6 is 50.5 Å². The molecule has 17 heavy (non-hydrogen) atoms. The first-order valence-corrected chi connectivity index (χ1v) is 7.20. The van der Waals surface area contributed by atoms with Crippen LogP contribution in [0.15, 0.2) is 34.1 Å². The van der Waals surface area contributed by atoms with E-state index < -0.39 is 0 Å². The minimum atomic E-state index is 0.0397. The van der Waals surface area contributed by atoms with Crippen LogP contribution in [-0.4, -0.2) is 5.78 Å². The summed E-state index contributed by atoms with van der Waals surface area (Å²) in [6, 6.07) is 6.88. The lowest BCUT2D eigenvalue weighted by Gasteiger charge is -2.01. The van der Waals surface area contributed by atoms with Gasteiger partial charge < -0.3 is 0 Å². The van der Waals surface area contributed by atoms with Crippen molar-refractivity contribution in [3.63, 3.8) is 0 Å². The van der Waals surface area contributed by atoms with Crippen molar-refractivity contribution in [2.45, 2.75) is 6.42 Å². The molecule has 0 aliphatic heterocycles. The van der Waals surface area contributed by atoms with Gasteiger partial charge in [-0.3, -0.25) is 4.79 Å². The molecule has 0 fully saturated rings. The van der Waals surface area contributed by atoms with Crippen molar-refractivity contribution < 1.29 is 4.79 Å². The normalized spacial score (nSPS) is 10.5. The van der Waals surface area contributed by atoms with E-state index in [4.69, 9.17) is 23.2 Å². The molecule has 0 aliphatic rings. The van der Waals surface area contributed by atoms with Gasteiger partial charge in [0, 0.05) is 26.7 Å². The lowest BCUT2D eigenvalue weighted by atomic mass is 10.1. The molecule has 1 heterocycles. The highest BCUT2D eigenvalue weighted by atomic mass is 79.9. The van der Waals surface area contributed by atoms with Crippen LogP contribution in [-0.2, 0) is 6.42 Å². The number of ketones is 1. The Morgan fingerprint density at radius 1 is 1.24 bits per heavy atom. The molecular weight excluding hydrogens is 343 g/mol. The third-order valence-electron chi connectivity index (χ3n) is 2.20. The first kappa shape index (κ1) is 13.1. The van der Waals surface area contributed by atoms with Crippen LogP contribution in [0.1, 0.15) is 15.2 Å². The van der Waals surface area contributed by atoms with Gasteiger partial charge in [0.25, 0.3) is 0 Å².